The van der Waals surface area contributed by atoms with Crippen molar-refractivity contribution in [2.45, 2.75) is 0 Å². The van der Waals surface area contributed by atoms with Crippen molar-refractivity contribution in [1.29, 1.82) is 0 Å². The molecule has 4 aromatic heterocycles. The normalized spacial score (nSPS) is 14.7. The van der Waals surface area contributed by atoms with E-state index >= 15 is 70.2 Å². The van der Waals surface area contributed by atoms with Crippen molar-refractivity contribution in [2.75, 3.05) is 0 Å². The van der Waals surface area contributed by atoms with E-state index in [2.05, 4.69) is 39.9 Å². The lowest BCUT2D eigenvalue weighted by Gasteiger charge is -2.23. The fourth-order valence-electron chi connectivity index (χ4n) is 11.7. The van der Waals surface area contributed by atoms with Gasteiger partial charge in [-0.15, -0.1) is 0 Å². The smallest absolute Gasteiger partial charge is 0.523 e. The summed E-state index contributed by atoms with van der Waals surface area (Å²) in [5.74, 6) is -43.3. The highest BCUT2D eigenvalue weighted by molar-refractivity contribution is 6.53. The molecule has 17 rings (SSSR count). The zero-order valence-electron chi connectivity index (χ0n) is 41.3. The van der Waals surface area contributed by atoms with Crippen molar-refractivity contribution in [2.24, 2.45) is 39.9 Å². The standard InChI is InChI=1S/C54H12B2F16N12O2/c57-27-19-20(28(58)36(66)35(27)65)46-74-45(19)77-47-17-11-15-16(12-18(17)48-79-52-24-23(31(61)39(69)40(70)32(24)62)51(78-46)84(52)55(81(47)48)85-13-7-3-1-4-8-13)44-73-43(15)75-49-21-25(33(63)41(71)37(67)29(21)59)53-80-54-26-22(30(60)38(68)42(72)34(26)64)50(76-44)83(54)56(82(49)53)86-14-9-5-2-6-10-14/h1-12H. The van der Waals surface area contributed by atoms with Crippen LogP contribution in [-0.4, -0.2) is 55.6 Å². The van der Waals surface area contributed by atoms with Gasteiger partial charge in [0, 0.05) is 21.9 Å². The van der Waals surface area contributed by atoms with Crippen LogP contribution < -0.4 is 31.3 Å². The number of aliphatic imine (C=N–C) groups is 4. The first-order chi connectivity index (χ1) is 41.3. The quantitative estimate of drug-likeness (QED) is 0.0750. The Morgan fingerprint density at radius 3 is 1.02 bits per heavy atom. The molecule has 11 aromatic rings. The van der Waals surface area contributed by atoms with Gasteiger partial charge in [-0.25, -0.2) is 110 Å². The number of amidine groups is 4. The first-order valence-corrected chi connectivity index (χ1v) is 24.8. The van der Waals surface area contributed by atoms with E-state index in [4.69, 9.17) is 9.31 Å². The molecule has 0 unspecified atom stereocenters. The summed E-state index contributed by atoms with van der Waals surface area (Å²) in [4.78, 5) is 35.3. The summed E-state index contributed by atoms with van der Waals surface area (Å²) in [5.41, 5.74) is -6.02. The third-order valence-electron chi connectivity index (χ3n) is 15.4. The Morgan fingerprint density at radius 1 is 0.279 bits per heavy atom. The Labute approximate surface area is 461 Å². The Morgan fingerprint density at radius 2 is 0.581 bits per heavy atom. The van der Waals surface area contributed by atoms with Crippen LogP contribution in [0.4, 0.5) is 93.5 Å². The maximum atomic E-state index is 16.8. The number of rotatable bonds is 4. The highest BCUT2D eigenvalue weighted by Crippen LogP contribution is 2.48. The molecule has 0 N–H and O–H groups in total. The number of halogens is 16. The first kappa shape index (κ1) is 49.8. The van der Waals surface area contributed by atoms with E-state index < -0.39 is 219 Å². The summed E-state index contributed by atoms with van der Waals surface area (Å²) in [7, 11) is -4.20. The SMILES string of the molecule is Fc1c(F)c(F)c2c(c1F)C1=NC2=Nc2c3c(F)c(F)c(F)c(F)c3c3n2B(Oc2ccccc2)n2c(c4cc5c(cc4c2=N3)C2=Nc3c4c(F)c(F)c(F)c(F)c4c4n3B(Oc3ccccc3)n3c(c6c(F)c(F)c(F)c(F)c6c3=N4)=NC5=N2)=N1. The summed E-state index contributed by atoms with van der Waals surface area (Å²) in [6, 6.07) is 16.6. The van der Waals surface area contributed by atoms with Crippen LogP contribution in [0.1, 0.15) is 22.3 Å². The molecule has 0 saturated carbocycles. The third-order valence-corrected chi connectivity index (χ3v) is 15.4. The predicted molar refractivity (Wildman–Crippen MR) is 270 cm³/mol. The first-order valence-electron chi connectivity index (χ1n) is 24.8. The molecule has 32 heteroatoms. The van der Waals surface area contributed by atoms with Gasteiger partial charge in [0.2, 0.25) is 0 Å². The number of fused-ring (bicyclic) bond motifs is 20. The van der Waals surface area contributed by atoms with E-state index in [-0.39, 0.29) is 33.4 Å². The molecule has 10 heterocycles. The molecule has 0 atom stereocenters. The minimum absolute atomic E-state index is 0.0805. The number of nitrogens with zero attached hydrogens (tertiary/aromatic N) is 12. The van der Waals surface area contributed by atoms with E-state index in [0.717, 1.165) is 30.0 Å². The lowest BCUT2D eigenvalue weighted by atomic mass is 9.98. The molecule has 7 aromatic carbocycles. The lowest BCUT2D eigenvalue weighted by Crippen LogP contribution is -2.52. The molecular weight excluding hydrogens is 1170 g/mol. The second-order valence-electron chi connectivity index (χ2n) is 19.7. The van der Waals surface area contributed by atoms with Crippen LogP contribution in [0.3, 0.4) is 0 Å². The largest absolute Gasteiger partial charge is 0.633 e. The van der Waals surface area contributed by atoms with Crippen LogP contribution in [0.25, 0.3) is 43.1 Å². The summed E-state index contributed by atoms with van der Waals surface area (Å²) >= 11 is 0. The molecular formula is C54H12B2F16N12O2. The van der Waals surface area contributed by atoms with Crippen LogP contribution in [-0.2, 0) is 0 Å². The summed E-state index contributed by atoms with van der Waals surface area (Å²) < 4.78 is 273. The van der Waals surface area contributed by atoms with Crippen molar-refractivity contribution >= 4 is 104 Å². The van der Waals surface area contributed by atoms with Gasteiger partial charge < -0.3 is 9.31 Å². The zero-order chi connectivity index (χ0) is 59.3. The van der Waals surface area contributed by atoms with Gasteiger partial charge in [-0.05, 0) is 36.4 Å². The van der Waals surface area contributed by atoms with E-state index in [9.17, 15) is 0 Å². The van der Waals surface area contributed by atoms with Gasteiger partial charge in [-0.3, -0.25) is 17.9 Å². The van der Waals surface area contributed by atoms with Gasteiger partial charge in [0.1, 0.15) is 56.7 Å². The molecule has 418 valence electrons. The minimum Gasteiger partial charge on any atom is -0.523 e. The van der Waals surface area contributed by atoms with Crippen molar-refractivity contribution in [1.82, 2.24) is 17.9 Å². The molecule has 86 heavy (non-hydrogen) atoms. The van der Waals surface area contributed by atoms with Crippen LogP contribution in [0, 0.1) is 93.1 Å². The van der Waals surface area contributed by atoms with Crippen LogP contribution >= 0.6 is 0 Å². The van der Waals surface area contributed by atoms with Gasteiger partial charge in [-0.2, -0.15) is 0 Å². The molecule has 0 spiro atoms. The number of hydrogen-bond donors (Lipinski definition) is 0. The highest BCUT2D eigenvalue weighted by Gasteiger charge is 2.47. The van der Waals surface area contributed by atoms with Crippen molar-refractivity contribution < 1.29 is 79.6 Å². The molecule has 6 aliphatic rings. The third kappa shape index (κ3) is 5.95. The van der Waals surface area contributed by atoms with Crippen LogP contribution in [0.2, 0.25) is 0 Å². The average Bonchev–Trinajstić information content (AvgIpc) is 1.54. The summed E-state index contributed by atoms with van der Waals surface area (Å²) in [5, 5.41) is -7.71. The van der Waals surface area contributed by atoms with Crippen molar-refractivity contribution in [3.63, 3.8) is 0 Å². The van der Waals surface area contributed by atoms with E-state index in [1.165, 1.54) is 54.6 Å². The van der Waals surface area contributed by atoms with Crippen LogP contribution in [0.5, 0.6) is 11.5 Å². The molecule has 14 nitrogen and oxygen atoms in total. The zero-order valence-corrected chi connectivity index (χ0v) is 41.3. The van der Waals surface area contributed by atoms with Gasteiger partial charge >= 0.3 is 14.4 Å². The van der Waals surface area contributed by atoms with Gasteiger partial charge in [0.05, 0.1) is 43.4 Å². The van der Waals surface area contributed by atoms with E-state index in [0.29, 0.717) is 0 Å². The van der Waals surface area contributed by atoms with Gasteiger partial charge in [-0.1, -0.05) is 36.4 Å². The number of benzene rings is 7. The lowest BCUT2D eigenvalue weighted by molar-refractivity contribution is 0.407. The van der Waals surface area contributed by atoms with Crippen LogP contribution in [0.15, 0.2) is 113 Å². The summed E-state index contributed by atoms with van der Waals surface area (Å²) in [6.07, 6.45) is 0. The monoisotopic (exact) mass is 1190 g/mol. The molecule has 8 bridgehead atoms. The Balaban J connectivity index is 1.07. The second-order valence-corrected chi connectivity index (χ2v) is 19.7. The van der Waals surface area contributed by atoms with Gasteiger partial charge in [0.15, 0.2) is 116 Å². The maximum absolute atomic E-state index is 16.8. The molecule has 6 aliphatic heterocycles. The predicted octanol–water partition coefficient (Wildman–Crippen LogP) is 10.1. The Bertz CT molecular complexity index is 5650. The molecule has 0 radical (unpaired) electrons. The maximum Gasteiger partial charge on any atom is 0.633 e. The van der Waals surface area contributed by atoms with Gasteiger partial charge in [0.25, 0.3) is 0 Å². The molecule has 0 amide bonds. The fourth-order valence-corrected chi connectivity index (χ4v) is 11.7. The minimum atomic E-state index is -2.40. The number of hydrogen-bond acceptors (Lipinski definition) is 10. The second kappa shape index (κ2) is 16.5. The number of aromatic nitrogens is 4. The van der Waals surface area contributed by atoms with E-state index in [1.54, 1.807) is 6.07 Å². The Hall–Kier alpha value is -10.8. The molecule has 0 fully saturated rings. The molecule has 0 aliphatic carbocycles. The fraction of sp³-hybridized carbons (Fsp3) is 0. The summed E-state index contributed by atoms with van der Waals surface area (Å²) in [6.45, 7) is 0. The average molecular weight is 1190 g/mol. The topological polar surface area (TPSA) is 137 Å². The highest BCUT2D eigenvalue weighted by atomic mass is 19.2. The van der Waals surface area contributed by atoms with Crippen molar-refractivity contribution in [3.05, 3.63) is 210 Å². The van der Waals surface area contributed by atoms with Crippen molar-refractivity contribution in [3.8, 4) is 11.5 Å². The molecule has 0 saturated heterocycles. The van der Waals surface area contributed by atoms with E-state index in [1.807, 2.05) is 0 Å². The Kier molecular flexibility index (Phi) is 9.55. The number of para-hydroxylation sites is 2.